The maximum absolute atomic E-state index is 10.3. The van der Waals surface area contributed by atoms with E-state index in [2.05, 4.69) is 18.2 Å². The molecule has 0 N–H and O–H groups in total. The van der Waals surface area contributed by atoms with E-state index in [1.807, 2.05) is 36.4 Å². The van der Waals surface area contributed by atoms with Crippen LogP contribution in [0.15, 0.2) is 54.6 Å². The summed E-state index contributed by atoms with van der Waals surface area (Å²) in [5, 5.41) is 0. The van der Waals surface area contributed by atoms with Crippen LogP contribution in [0.4, 0.5) is 0 Å². The molecule has 0 spiro atoms. The third kappa shape index (κ3) is 2.69. The number of rotatable bonds is 3. The van der Waals surface area contributed by atoms with E-state index in [4.69, 9.17) is 0 Å². The molecule has 0 aliphatic heterocycles. The molecule has 0 atom stereocenters. The summed E-state index contributed by atoms with van der Waals surface area (Å²) in [6.07, 6.45) is 2.34. The number of benzene rings is 2. The second kappa shape index (κ2) is 5.11. The fraction of sp³-hybridized carbons (Fsp3) is 0.0667. The van der Waals surface area contributed by atoms with Crippen LogP contribution in [0.5, 0.6) is 0 Å². The molecule has 1 nitrogen and oxygen atoms in total. The molecular weight excluding hydrogens is 196 g/mol. The first-order chi connectivity index (χ1) is 7.88. The molecule has 2 aromatic rings. The Balaban J connectivity index is 2.22. The molecule has 0 fully saturated rings. The van der Waals surface area contributed by atoms with Gasteiger partial charge in [0.1, 0.15) is 5.94 Å². The molecule has 16 heavy (non-hydrogen) atoms. The Morgan fingerprint density at radius 1 is 0.938 bits per heavy atom. The van der Waals surface area contributed by atoms with Crippen LogP contribution >= 0.6 is 0 Å². The van der Waals surface area contributed by atoms with Gasteiger partial charge in [0.15, 0.2) is 0 Å². The molecule has 0 saturated heterocycles. The van der Waals surface area contributed by atoms with E-state index < -0.39 is 0 Å². The summed E-state index contributed by atoms with van der Waals surface area (Å²) in [4.78, 5) is 10.3. The van der Waals surface area contributed by atoms with Gasteiger partial charge in [-0.2, -0.15) is 0 Å². The van der Waals surface area contributed by atoms with Crippen molar-refractivity contribution in [1.82, 2.24) is 0 Å². The van der Waals surface area contributed by atoms with Crippen molar-refractivity contribution in [3.8, 4) is 0 Å². The average Bonchev–Trinajstić information content (AvgIpc) is 2.31. The standard InChI is InChI=1S/C15H12O/c16-10-9-14-7-4-8-15(12-14)11-13-5-2-1-3-6-13/h1-9,12H,11H2. The monoisotopic (exact) mass is 208 g/mol. The van der Waals surface area contributed by atoms with Crippen LogP contribution in [0.25, 0.3) is 6.08 Å². The predicted molar refractivity (Wildman–Crippen MR) is 65.8 cm³/mol. The highest BCUT2D eigenvalue weighted by molar-refractivity contribution is 5.74. The molecule has 78 valence electrons. The van der Waals surface area contributed by atoms with Gasteiger partial charge in [-0.1, -0.05) is 54.6 Å². The van der Waals surface area contributed by atoms with Crippen molar-refractivity contribution in [3.05, 3.63) is 71.3 Å². The van der Waals surface area contributed by atoms with Crippen LogP contribution < -0.4 is 0 Å². The summed E-state index contributed by atoms with van der Waals surface area (Å²) < 4.78 is 0. The van der Waals surface area contributed by atoms with Crippen molar-refractivity contribution < 1.29 is 4.79 Å². The van der Waals surface area contributed by atoms with Crippen molar-refractivity contribution in [3.63, 3.8) is 0 Å². The zero-order valence-electron chi connectivity index (χ0n) is 8.89. The van der Waals surface area contributed by atoms with Crippen molar-refractivity contribution in [2.45, 2.75) is 6.42 Å². The van der Waals surface area contributed by atoms with Crippen molar-refractivity contribution in [2.75, 3.05) is 0 Å². The normalized spacial score (nSPS) is 9.50. The topological polar surface area (TPSA) is 17.1 Å². The molecule has 2 aromatic carbocycles. The second-order valence-corrected chi connectivity index (χ2v) is 3.67. The van der Waals surface area contributed by atoms with E-state index in [-0.39, 0.29) is 0 Å². The first-order valence-corrected chi connectivity index (χ1v) is 5.22. The quantitative estimate of drug-likeness (QED) is 0.708. The van der Waals surface area contributed by atoms with E-state index in [1.165, 1.54) is 17.2 Å². The van der Waals surface area contributed by atoms with E-state index in [9.17, 15) is 4.79 Å². The summed E-state index contributed by atoms with van der Waals surface area (Å²) in [5.74, 6) is 1.80. The van der Waals surface area contributed by atoms with Gasteiger partial charge in [0, 0.05) is 6.08 Å². The number of hydrogen-bond donors (Lipinski definition) is 0. The smallest absolute Gasteiger partial charge is 0.125 e. The van der Waals surface area contributed by atoms with Crippen LogP contribution in [0.2, 0.25) is 0 Å². The summed E-state index contributed by atoms with van der Waals surface area (Å²) in [6, 6.07) is 18.2. The van der Waals surface area contributed by atoms with E-state index in [1.54, 1.807) is 5.94 Å². The van der Waals surface area contributed by atoms with Gasteiger partial charge in [-0.25, -0.2) is 4.79 Å². The third-order valence-corrected chi connectivity index (χ3v) is 2.43. The number of hydrogen-bond acceptors (Lipinski definition) is 1. The Kier molecular flexibility index (Phi) is 3.32. The van der Waals surface area contributed by atoms with Gasteiger partial charge in [-0.15, -0.1) is 0 Å². The lowest BCUT2D eigenvalue weighted by Crippen LogP contribution is -1.87. The summed E-state index contributed by atoms with van der Waals surface area (Å²) in [7, 11) is 0. The molecule has 0 aromatic heterocycles. The Bertz CT molecular complexity index is 508. The highest BCUT2D eigenvalue weighted by Crippen LogP contribution is 2.11. The minimum atomic E-state index is 0.890. The fourth-order valence-electron chi connectivity index (χ4n) is 1.69. The zero-order valence-corrected chi connectivity index (χ0v) is 8.89. The second-order valence-electron chi connectivity index (χ2n) is 3.67. The van der Waals surface area contributed by atoms with Crippen molar-refractivity contribution >= 4 is 12.0 Å². The van der Waals surface area contributed by atoms with Crippen LogP contribution in [-0.4, -0.2) is 5.94 Å². The number of carbonyl (C=O) groups excluding carboxylic acids is 1. The Morgan fingerprint density at radius 2 is 1.69 bits per heavy atom. The predicted octanol–water partition coefficient (Wildman–Crippen LogP) is 3.12. The fourth-order valence-corrected chi connectivity index (χ4v) is 1.69. The average molecular weight is 208 g/mol. The summed E-state index contributed by atoms with van der Waals surface area (Å²) >= 11 is 0. The lowest BCUT2D eigenvalue weighted by Gasteiger charge is -2.02. The van der Waals surface area contributed by atoms with Crippen LogP contribution in [-0.2, 0) is 11.2 Å². The minimum Gasteiger partial charge on any atom is -0.233 e. The molecule has 0 amide bonds. The Morgan fingerprint density at radius 3 is 2.44 bits per heavy atom. The largest absolute Gasteiger partial charge is 0.233 e. The molecule has 0 heterocycles. The van der Waals surface area contributed by atoms with Gasteiger partial charge in [-0.3, -0.25) is 0 Å². The maximum atomic E-state index is 10.3. The summed E-state index contributed by atoms with van der Waals surface area (Å²) in [6.45, 7) is 0. The minimum absolute atomic E-state index is 0.890. The third-order valence-electron chi connectivity index (χ3n) is 2.43. The van der Waals surface area contributed by atoms with Gasteiger partial charge in [0.05, 0.1) is 0 Å². The molecule has 0 unspecified atom stereocenters. The van der Waals surface area contributed by atoms with Crippen LogP contribution in [0, 0.1) is 0 Å². The van der Waals surface area contributed by atoms with Crippen molar-refractivity contribution in [1.29, 1.82) is 0 Å². The first kappa shape index (κ1) is 10.4. The van der Waals surface area contributed by atoms with Crippen LogP contribution in [0.1, 0.15) is 16.7 Å². The molecule has 0 aliphatic carbocycles. The van der Waals surface area contributed by atoms with E-state index in [0.29, 0.717) is 0 Å². The molecule has 0 aliphatic rings. The lowest BCUT2D eigenvalue weighted by molar-refractivity contribution is 0.570. The molecule has 0 bridgehead atoms. The Hall–Kier alpha value is -2.11. The summed E-state index contributed by atoms with van der Waals surface area (Å²) in [5.41, 5.74) is 3.38. The Labute approximate surface area is 95.1 Å². The SMILES string of the molecule is O=C=Cc1cccc(Cc2ccccc2)c1. The zero-order chi connectivity index (χ0) is 11.2. The maximum Gasteiger partial charge on any atom is 0.125 e. The molecule has 2 rings (SSSR count). The first-order valence-electron chi connectivity index (χ1n) is 5.22. The van der Waals surface area contributed by atoms with E-state index in [0.717, 1.165) is 12.0 Å². The van der Waals surface area contributed by atoms with Gasteiger partial charge in [-0.05, 0) is 23.1 Å². The van der Waals surface area contributed by atoms with Crippen molar-refractivity contribution in [2.24, 2.45) is 0 Å². The van der Waals surface area contributed by atoms with Gasteiger partial charge >= 0.3 is 0 Å². The molecular formula is C15H12O. The van der Waals surface area contributed by atoms with E-state index >= 15 is 0 Å². The molecule has 0 saturated carbocycles. The van der Waals surface area contributed by atoms with Gasteiger partial charge in [0.2, 0.25) is 0 Å². The highest BCUT2D eigenvalue weighted by atomic mass is 16.1. The molecule has 1 heteroatoms. The highest BCUT2D eigenvalue weighted by Gasteiger charge is 1.96. The lowest BCUT2D eigenvalue weighted by atomic mass is 10.0. The molecule has 0 radical (unpaired) electrons. The van der Waals surface area contributed by atoms with Gasteiger partial charge in [0.25, 0.3) is 0 Å². The van der Waals surface area contributed by atoms with Gasteiger partial charge < -0.3 is 0 Å². The van der Waals surface area contributed by atoms with Crippen LogP contribution in [0.3, 0.4) is 0 Å².